The Labute approximate surface area is 103 Å². The fourth-order valence-electron chi connectivity index (χ4n) is 1.66. The quantitative estimate of drug-likeness (QED) is 0.826. The summed E-state index contributed by atoms with van der Waals surface area (Å²) in [5.74, 6) is -1.27. The zero-order valence-electron chi connectivity index (χ0n) is 9.81. The van der Waals surface area contributed by atoms with Crippen LogP contribution in [0.5, 0.6) is 0 Å². The summed E-state index contributed by atoms with van der Waals surface area (Å²) in [5, 5.41) is 7.80. The van der Waals surface area contributed by atoms with Crippen LogP contribution in [0.3, 0.4) is 0 Å². The lowest BCUT2D eigenvalue weighted by molar-refractivity contribution is 0.579. The smallest absolute Gasteiger partial charge is 0.128 e. The van der Waals surface area contributed by atoms with E-state index in [-0.39, 0.29) is 0 Å². The van der Waals surface area contributed by atoms with Gasteiger partial charge in [-0.2, -0.15) is 0 Å². The molecule has 96 valence electrons. The van der Waals surface area contributed by atoms with Gasteiger partial charge in [-0.05, 0) is 37.9 Å². The summed E-state index contributed by atoms with van der Waals surface area (Å²) in [6.07, 6.45) is 4.27. The standard InChI is InChI=1S/C12H14F2N4/c13-9-5-10(14)7-12(6-9)18-8-11(16-17-18)3-1-2-4-15/h5-8H,1-4,15H2. The van der Waals surface area contributed by atoms with Crippen molar-refractivity contribution in [3.8, 4) is 5.69 Å². The molecular weight excluding hydrogens is 238 g/mol. The number of benzene rings is 1. The van der Waals surface area contributed by atoms with Gasteiger partial charge in [-0.1, -0.05) is 5.21 Å². The predicted molar refractivity (Wildman–Crippen MR) is 63.3 cm³/mol. The average molecular weight is 252 g/mol. The lowest BCUT2D eigenvalue weighted by Gasteiger charge is -2.00. The second kappa shape index (κ2) is 5.68. The Kier molecular flexibility index (Phi) is 3.99. The molecule has 1 aromatic heterocycles. The predicted octanol–water partition coefficient (Wildman–Crippen LogP) is 1.83. The number of hydrogen-bond acceptors (Lipinski definition) is 3. The third-order valence-corrected chi connectivity index (χ3v) is 2.54. The fourth-order valence-corrected chi connectivity index (χ4v) is 1.66. The van der Waals surface area contributed by atoms with Crippen LogP contribution in [0.1, 0.15) is 18.5 Å². The number of nitrogens with zero attached hydrogens (tertiary/aromatic N) is 3. The molecule has 0 saturated heterocycles. The van der Waals surface area contributed by atoms with Gasteiger partial charge in [0, 0.05) is 6.07 Å². The lowest BCUT2D eigenvalue weighted by atomic mass is 10.2. The highest BCUT2D eigenvalue weighted by atomic mass is 19.1. The molecule has 0 aliphatic heterocycles. The average Bonchev–Trinajstić information content (AvgIpc) is 2.77. The van der Waals surface area contributed by atoms with Gasteiger partial charge in [0.05, 0.1) is 17.6 Å². The highest BCUT2D eigenvalue weighted by molar-refractivity contribution is 5.31. The van der Waals surface area contributed by atoms with Crippen molar-refractivity contribution < 1.29 is 8.78 Å². The zero-order valence-corrected chi connectivity index (χ0v) is 9.81. The van der Waals surface area contributed by atoms with E-state index in [1.54, 1.807) is 6.20 Å². The molecule has 1 heterocycles. The topological polar surface area (TPSA) is 56.7 Å². The van der Waals surface area contributed by atoms with Crippen LogP contribution < -0.4 is 5.73 Å². The largest absolute Gasteiger partial charge is 0.330 e. The molecule has 6 heteroatoms. The Morgan fingerprint density at radius 1 is 1.11 bits per heavy atom. The van der Waals surface area contributed by atoms with Crippen molar-refractivity contribution in [2.45, 2.75) is 19.3 Å². The van der Waals surface area contributed by atoms with Crippen molar-refractivity contribution in [3.05, 3.63) is 41.7 Å². The fraction of sp³-hybridized carbons (Fsp3) is 0.333. The molecule has 0 unspecified atom stereocenters. The number of aryl methyl sites for hydroxylation is 1. The molecule has 0 spiro atoms. The minimum Gasteiger partial charge on any atom is -0.330 e. The molecule has 0 amide bonds. The van der Waals surface area contributed by atoms with E-state index in [4.69, 9.17) is 5.73 Å². The Hall–Kier alpha value is -1.82. The molecule has 4 nitrogen and oxygen atoms in total. The summed E-state index contributed by atoms with van der Waals surface area (Å²) >= 11 is 0. The summed E-state index contributed by atoms with van der Waals surface area (Å²) in [7, 11) is 0. The molecule has 2 N–H and O–H groups in total. The van der Waals surface area contributed by atoms with E-state index in [2.05, 4.69) is 10.3 Å². The molecule has 1 aromatic carbocycles. The Morgan fingerprint density at radius 3 is 2.50 bits per heavy atom. The summed E-state index contributed by atoms with van der Waals surface area (Å²) in [4.78, 5) is 0. The lowest BCUT2D eigenvalue weighted by Crippen LogP contribution is -1.99. The third-order valence-electron chi connectivity index (χ3n) is 2.54. The van der Waals surface area contributed by atoms with Gasteiger partial charge in [0.2, 0.25) is 0 Å². The van der Waals surface area contributed by atoms with E-state index < -0.39 is 11.6 Å². The first-order valence-corrected chi connectivity index (χ1v) is 5.77. The van der Waals surface area contributed by atoms with Gasteiger partial charge in [0.15, 0.2) is 0 Å². The first-order valence-electron chi connectivity index (χ1n) is 5.77. The van der Waals surface area contributed by atoms with Crippen LogP contribution >= 0.6 is 0 Å². The molecule has 0 aliphatic carbocycles. The van der Waals surface area contributed by atoms with E-state index in [1.165, 1.54) is 16.8 Å². The van der Waals surface area contributed by atoms with Crippen LogP contribution in [-0.2, 0) is 6.42 Å². The van der Waals surface area contributed by atoms with Crippen molar-refractivity contribution in [1.29, 1.82) is 0 Å². The zero-order chi connectivity index (χ0) is 13.0. The second-order valence-electron chi connectivity index (χ2n) is 4.03. The maximum Gasteiger partial charge on any atom is 0.128 e. The van der Waals surface area contributed by atoms with Gasteiger partial charge in [-0.15, -0.1) is 5.10 Å². The van der Waals surface area contributed by atoms with E-state index in [0.29, 0.717) is 12.2 Å². The number of nitrogens with two attached hydrogens (primary N) is 1. The third kappa shape index (κ3) is 3.10. The number of aromatic nitrogens is 3. The van der Waals surface area contributed by atoms with Gasteiger partial charge >= 0.3 is 0 Å². The summed E-state index contributed by atoms with van der Waals surface area (Å²) in [5.41, 5.74) is 6.51. The van der Waals surface area contributed by atoms with E-state index in [0.717, 1.165) is 31.0 Å². The molecule has 2 rings (SSSR count). The molecule has 0 radical (unpaired) electrons. The Bertz CT molecular complexity index is 504. The maximum atomic E-state index is 13.1. The van der Waals surface area contributed by atoms with Gasteiger partial charge in [0.1, 0.15) is 11.6 Å². The normalized spacial score (nSPS) is 10.8. The van der Waals surface area contributed by atoms with Crippen molar-refractivity contribution in [2.75, 3.05) is 6.54 Å². The summed E-state index contributed by atoms with van der Waals surface area (Å²) in [6, 6.07) is 3.24. The Morgan fingerprint density at radius 2 is 1.83 bits per heavy atom. The van der Waals surface area contributed by atoms with Gasteiger partial charge in [-0.25, -0.2) is 13.5 Å². The summed E-state index contributed by atoms with van der Waals surface area (Å²) in [6.45, 7) is 0.642. The van der Waals surface area contributed by atoms with Crippen LogP contribution in [0.25, 0.3) is 5.69 Å². The molecule has 0 atom stereocenters. The number of halogens is 2. The maximum absolute atomic E-state index is 13.1. The van der Waals surface area contributed by atoms with Gasteiger partial charge < -0.3 is 5.73 Å². The highest BCUT2D eigenvalue weighted by Crippen LogP contribution is 2.12. The highest BCUT2D eigenvalue weighted by Gasteiger charge is 2.06. The van der Waals surface area contributed by atoms with E-state index in [1.807, 2.05) is 0 Å². The monoisotopic (exact) mass is 252 g/mol. The minimum atomic E-state index is -0.634. The molecule has 2 aromatic rings. The summed E-state index contributed by atoms with van der Waals surface area (Å²) < 4.78 is 27.5. The van der Waals surface area contributed by atoms with E-state index >= 15 is 0 Å². The molecule has 0 aliphatic rings. The molecular formula is C12H14F2N4. The van der Waals surface area contributed by atoms with E-state index in [9.17, 15) is 8.78 Å². The van der Waals surface area contributed by atoms with Crippen molar-refractivity contribution in [1.82, 2.24) is 15.0 Å². The van der Waals surface area contributed by atoms with Crippen LogP contribution in [0.2, 0.25) is 0 Å². The first-order chi connectivity index (χ1) is 8.69. The molecule has 0 bridgehead atoms. The minimum absolute atomic E-state index is 0.324. The van der Waals surface area contributed by atoms with Crippen molar-refractivity contribution in [3.63, 3.8) is 0 Å². The number of unbranched alkanes of at least 4 members (excludes halogenated alkanes) is 1. The first kappa shape index (κ1) is 12.6. The number of rotatable bonds is 5. The van der Waals surface area contributed by atoms with Crippen LogP contribution in [-0.4, -0.2) is 21.5 Å². The van der Waals surface area contributed by atoms with Crippen molar-refractivity contribution >= 4 is 0 Å². The molecule has 0 fully saturated rings. The van der Waals surface area contributed by atoms with Crippen LogP contribution in [0.15, 0.2) is 24.4 Å². The Balaban J connectivity index is 2.13. The van der Waals surface area contributed by atoms with Crippen molar-refractivity contribution in [2.24, 2.45) is 5.73 Å². The molecule has 0 saturated carbocycles. The SMILES string of the molecule is NCCCCc1cn(-c2cc(F)cc(F)c2)nn1. The van der Waals surface area contributed by atoms with Crippen LogP contribution in [0.4, 0.5) is 8.78 Å². The van der Waals surface area contributed by atoms with Gasteiger partial charge in [0.25, 0.3) is 0 Å². The molecule has 18 heavy (non-hydrogen) atoms. The van der Waals surface area contributed by atoms with Crippen LogP contribution in [0, 0.1) is 11.6 Å². The number of hydrogen-bond donors (Lipinski definition) is 1. The van der Waals surface area contributed by atoms with Gasteiger partial charge in [-0.3, -0.25) is 0 Å². The second-order valence-corrected chi connectivity index (χ2v) is 4.03.